The molecule has 1 heterocycles. The van der Waals surface area contributed by atoms with Crippen LogP contribution in [0.25, 0.3) is 0 Å². The van der Waals surface area contributed by atoms with E-state index in [1.807, 2.05) is 6.92 Å². The second kappa shape index (κ2) is 8.85. The fraction of sp³-hybridized carbons (Fsp3) is 0.474. The lowest BCUT2D eigenvalue weighted by molar-refractivity contribution is -0.157. The minimum absolute atomic E-state index is 0.0410. The zero-order valence-electron chi connectivity index (χ0n) is 16.2. The lowest BCUT2D eigenvalue weighted by atomic mass is 10.1. The highest BCUT2D eigenvalue weighted by molar-refractivity contribution is 7.89. The Bertz CT molecular complexity index is 867. The lowest BCUT2D eigenvalue weighted by Crippen LogP contribution is -2.44. The molecule has 0 radical (unpaired) electrons. The molecule has 1 fully saturated rings. The molecule has 0 unspecified atom stereocenters. The predicted molar refractivity (Wildman–Crippen MR) is 103 cm³/mol. The van der Waals surface area contributed by atoms with Crippen molar-refractivity contribution in [1.82, 2.24) is 9.62 Å². The third-order valence-electron chi connectivity index (χ3n) is 4.67. The number of aryl methyl sites for hydroxylation is 2. The Balaban J connectivity index is 2.21. The minimum Gasteiger partial charge on any atom is -0.451 e. The van der Waals surface area contributed by atoms with Gasteiger partial charge < -0.3 is 15.2 Å². The molecule has 9 heteroatoms. The third-order valence-corrected chi connectivity index (χ3v) is 6.54. The fourth-order valence-corrected chi connectivity index (χ4v) is 4.61. The first-order valence-electron chi connectivity index (χ1n) is 8.94. The van der Waals surface area contributed by atoms with Gasteiger partial charge in [0.2, 0.25) is 10.0 Å². The number of rotatable bonds is 7. The molecule has 1 saturated heterocycles. The largest absolute Gasteiger partial charge is 0.451 e. The number of benzene rings is 1. The quantitative estimate of drug-likeness (QED) is 0.504. The van der Waals surface area contributed by atoms with Crippen LogP contribution in [-0.2, 0) is 24.3 Å². The monoisotopic (exact) mass is 410 g/mol. The second-order valence-electron chi connectivity index (χ2n) is 6.84. The Kier molecular flexibility index (Phi) is 6.97. The Morgan fingerprint density at radius 1 is 1.39 bits per heavy atom. The van der Waals surface area contributed by atoms with Crippen LogP contribution in [0, 0.1) is 13.8 Å². The molecule has 1 aromatic rings. The molecule has 1 aromatic carbocycles. The summed E-state index contributed by atoms with van der Waals surface area (Å²) < 4.78 is 32.2. The molecule has 2 rings (SSSR count). The van der Waals surface area contributed by atoms with E-state index in [4.69, 9.17) is 4.74 Å². The van der Waals surface area contributed by atoms with Gasteiger partial charge in [0.25, 0.3) is 5.91 Å². The number of esters is 1. The number of sulfonamides is 1. The number of carbonyl (C=O) groups excluding carboxylic acids is 2. The highest BCUT2D eigenvalue weighted by Gasteiger charge is 2.45. The van der Waals surface area contributed by atoms with Crippen molar-refractivity contribution in [2.75, 3.05) is 13.1 Å². The molecule has 1 aliphatic heterocycles. The summed E-state index contributed by atoms with van der Waals surface area (Å²) in [6, 6.07) is 3.49. The van der Waals surface area contributed by atoms with Gasteiger partial charge >= 0.3 is 5.97 Å². The van der Waals surface area contributed by atoms with Crippen molar-refractivity contribution < 1.29 is 27.9 Å². The zero-order valence-corrected chi connectivity index (χ0v) is 17.0. The average Bonchev–Trinajstić information content (AvgIpc) is 3.04. The number of nitrogens with one attached hydrogen (secondary N) is 1. The Morgan fingerprint density at radius 3 is 2.68 bits per heavy atom. The summed E-state index contributed by atoms with van der Waals surface area (Å²) in [6.45, 7) is 8.53. The van der Waals surface area contributed by atoms with E-state index in [2.05, 4.69) is 11.9 Å². The van der Waals surface area contributed by atoms with E-state index in [1.165, 1.54) is 25.1 Å². The van der Waals surface area contributed by atoms with Gasteiger partial charge in [-0.1, -0.05) is 12.1 Å². The number of ether oxygens (including phenoxy) is 1. The van der Waals surface area contributed by atoms with Gasteiger partial charge in [-0.05, 0) is 44.0 Å². The smallest absolute Gasteiger partial charge is 0.325 e. The van der Waals surface area contributed by atoms with E-state index in [-0.39, 0.29) is 24.4 Å². The molecular formula is C19H26N2O6S. The topological polar surface area (TPSA) is 113 Å². The number of aliphatic hydroxyl groups excluding tert-OH is 1. The molecule has 1 amide bonds. The molecule has 28 heavy (non-hydrogen) atoms. The Morgan fingerprint density at radius 2 is 2.07 bits per heavy atom. The number of amides is 1. The van der Waals surface area contributed by atoms with Crippen molar-refractivity contribution in [2.45, 2.75) is 50.3 Å². The number of carbonyl (C=O) groups is 2. The van der Waals surface area contributed by atoms with Gasteiger partial charge in [-0.15, -0.1) is 6.58 Å². The van der Waals surface area contributed by atoms with Crippen molar-refractivity contribution in [1.29, 1.82) is 0 Å². The van der Waals surface area contributed by atoms with E-state index >= 15 is 0 Å². The van der Waals surface area contributed by atoms with Gasteiger partial charge in [-0.25, -0.2) is 8.42 Å². The SMILES string of the molecule is C=CCNC(=O)[C@H](C)OC(=O)[C@@H]1C[C@H](O)CN1S(=O)(=O)c1ccc(C)c(C)c1. The maximum Gasteiger partial charge on any atom is 0.325 e. The van der Waals surface area contributed by atoms with Gasteiger partial charge in [-0.3, -0.25) is 9.59 Å². The van der Waals surface area contributed by atoms with Crippen molar-refractivity contribution in [3.8, 4) is 0 Å². The van der Waals surface area contributed by atoms with E-state index < -0.39 is 40.1 Å². The summed E-state index contributed by atoms with van der Waals surface area (Å²) in [5, 5.41) is 12.5. The van der Waals surface area contributed by atoms with Crippen molar-refractivity contribution in [3.05, 3.63) is 42.0 Å². The molecular weight excluding hydrogens is 384 g/mol. The Labute approximate surface area is 165 Å². The minimum atomic E-state index is -4.02. The van der Waals surface area contributed by atoms with Gasteiger partial charge in [0, 0.05) is 19.5 Å². The van der Waals surface area contributed by atoms with Crippen molar-refractivity contribution >= 4 is 21.9 Å². The van der Waals surface area contributed by atoms with Crippen LogP contribution in [0.4, 0.5) is 0 Å². The maximum atomic E-state index is 13.0. The first-order chi connectivity index (χ1) is 13.1. The molecule has 8 nitrogen and oxygen atoms in total. The standard InChI is InChI=1S/C19H26N2O6S/c1-5-8-20-18(23)14(4)27-19(24)17-10-15(22)11-21(17)28(25,26)16-7-6-12(2)13(3)9-16/h5-7,9,14-15,17,22H,1,8,10-11H2,2-4H3,(H,20,23)/t14-,15-,17-/m0/s1. The lowest BCUT2D eigenvalue weighted by Gasteiger charge is -2.24. The molecule has 2 N–H and O–H groups in total. The molecule has 0 spiro atoms. The van der Waals surface area contributed by atoms with E-state index in [0.29, 0.717) is 0 Å². The second-order valence-corrected chi connectivity index (χ2v) is 8.73. The summed E-state index contributed by atoms with van der Waals surface area (Å²) in [7, 11) is -4.02. The molecule has 0 saturated carbocycles. The van der Waals surface area contributed by atoms with E-state index in [1.54, 1.807) is 13.0 Å². The number of aliphatic hydroxyl groups is 1. The predicted octanol–water partition coefficient (Wildman–Crippen LogP) is 0.661. The summed E-state index contributed by atoms with van der Waals surface area (Å²) >= 11 is 0. The van der Waals surface area contributed by atoms with Crippen LogP contribution in [0.2, 0.25) is 0 Å². The van der Waals surface area contributed by atoms with Crippen LogP contribution >= 0.6 is 0 Å². The molecule has 0 bridgehead atoms. The number of hydrogen-bond acceptors (Lipinski definition) is 6. The van der Waals surface area contributed by atoms with Gasteiger partial charge in [0.15, 0.2) is 6.10 Å². The van der Waals surface area contributed by atoms with Crippen LogP contribution < -0.4 is 5.32 Å². The van der Waals surface area contributed by atoms with Crippen LogP contribution in [-0.4, -0.2) is 61.0 Å². The maximum absolute atomic E-state index is 13.0. The highest BCUT2D eigenvalue weighted by atomic mass is 32.2. The molecule has 1 aliphatic rings. The summed E-state index contributed by atoms with van der Waals surface area (Å²) in [6.07, 6.45) is -0.707. The van der Waals surface area contributed by atoms with E-state index in [9.17, 15) is 23.1 Å². The van der Waals surface area contributed by atoms with Crippen molar-refractivity contribution in [2.24, 2.45) is 0 Å². The highest BCUT2D eigenvalue weighted by Crippen LogP contribution is 2.28. The number of β-amino-alcohol motifs (C(OH)–C–C–N with tert-alkyl or cyclic N) is 1. The normalized spacial score (nSPS) is 21.1. The Hall–Kier alpha value is -2.23. The number of nitrogens with zero attached hydrogens (tertiary/aromatic N) is 1. The van der Waals surface area contributed by atoms with Crippen LogP contribution in [0.15, 0.2) is 35.7 Å². The van der Waals surface area contributed by atoms with Gasteiger partial charge in [0.05, 0.1) is 11.0 Å². The fourth-order valence-electron chi connectivity index (χ4n) is 2.90. The van der Waals surface area contributed by atoms with Crippen LogP contribution in [0.5, 0.6) is 0 Å². The average molecular weight is 410 g/mol. The van der Waals surface area contributed by atoms with Crippen molar-refractivity contribution in [3.63, 3.8) is 0 Å². The third kappa shape index (κ3) is 4.78. The van der Waals surface area contributed by atoms with Gasteiger partial charge in [-0.2, -0.15) is 4.31 Å². The first kappa shape index (κ1) is 22.1. The molecule has 0 aliphatic carbocycles. The summed E-state index contributed by atoms with van der Waals surface area (Å²) in [4.78, 5) is 24.5. The summed E-state index contributed by atoms with van der Waals surface area (Å²) in [5.41, 5.74) is 1.74. The van der Waals surface area contributed by atoms with Crippen LogP contribution in [0.1, 0.15) is 24.5 Å². The van der Waals surface area contributed by atoms with Crippen LogP contribution in [0.3, 0.4) is 0 Å². The molecule has 154 valence electrons. The molecule has 0 aromatic heterocycles. The first-order valence-corrected chi connectivity index (χ1v) is 10.4. The summed E-state index contributed by atoms with van der Waals surface area (Å²) in [5.74, 6) is -1.39. The molecule has 3 atom stereocenters. The van der Waals surface area contributed by atoms with Gasteiger partial charge in [0.1, 0.15) is 6.04 Å². The zero-order chi connectivity index (χ0) is 21.1. The van der Waals surface area contributed by atoms with E-state index in [0.717, 1.165) is 15.4 Å². The number of hydrogen-bond donors (Lipinski definition) is 2.